The van der Waals surface area contributed by atoms with E-state index in [0.717, 1.165) is 5.69 Å². The number of aryl methyl sites for hydroxylation is 1. The molecule has 5 nitrogen and oxygen atoms in total. The van der Waals surface area contributed by atoms with Gasteiger partial charge in [0.15, 0.2) is 5.75 Å². The minimum absolute atomic E-state index is 0.334. The van der Waals surface area contributed by atoms with Crippen molar-refractivity contribution in [2.24, 2.45) is 0 Å². The van der Waals surface area contributed by atoms with E-state index < -0.39 is 6.04 Å². The molecule has 1 unspecified atom stereocenters. The van der Waals surface area contributed by atoms with E-state index in [4.69, 9.17) is 9.47 Å². The summed E-state index contributed by atoms with van der Waals surface area (Å²) in [6.07, 6.45) is 1.64. The summed E-state index contributed by atoms with van der Waals surface area (Å²) >= 11 is 0. The molecule has 0 radical (unpaired) electrons. The first-order chi connectivity index (χ1) is 10.2. The number of nitrogens with zero attached hydrogens (tertiary/aromatic N) is 2. The summed E-state index contributed by atoms with van der Waals surface area (Å²) in [5, 5.41) is 7.40. The van der Waals surface area contributed by atoms with Crippen molar-refractivity contribution in [2.45, 2.75) is 19.5 Å². The van der Waals surface area contributed by atoms with E-state index in [0.29, 0.717) is 23.6 Å². The topological polar surface area (TPSA) is 48.3 Å². The number of aromatic nitrogens is 2. The lowest BCUT2D eigenvalue weighted by molar-refractivity contribution is 0.385. The van der Waals surface area contributed by atoms with Gasteiger partial charge in [-0.2, -0.15) is 5.10 Å². The minimum Gasteiger partial charge on any atom is -0.496 e. The molecule has 1 aromatic heterocycles. The molecule has 114 valence electrons. The van der Waals surface area contributed by atoms with Crippen LogP contribution in [-0.4, -0.2) is 31.0 Å². The maximum Gasteiger partial charge on any atom is 0.161 e. The van der Waals surface area contributed by atoms with Crippen LogP contribution in [0.25, 0.3) is 0 Å². The van der Waals surface area contributed by atoms with Crippen molar-refractivity contribution in [3.05, 3.63) is 41.5 Å². The molecule has 0 spiro atoms. The van der Waals surface area contributed by atoms with Gasteiger partial charge in [-0.3, -0.25) is 4.68 Å². The average Bonchev–Trinajstić information content (AvgIpc) is 2.92. The van der Waals surface area contributed by atoms with Crippen LogP contribution in [0.3, 0.4) is 0 Å². The molecule has 2 rings (SSSR count). The van der Waals surface area contributed by atoms with Crippen LogP contribution < -0.4 is 14.8 Å². The molecular weight excluding hydrogens is 273 g/mol. The number of methoxy groups -OCH3 is 2. The Morgan fingerprint density at radius 2 is 2.00 bits per heavy atom. The molecule has 0 aliphatic heterocycles. The monoisotopic (exact) mass is 293 g/mol. The van der Waals surface area contributed by atoms with Crippen LogP contribution in [-0.2, 0) is 6.54 Å². The second-order valence-electron chi connectivity index (χ2n) is 4.49. The fourth-order valence-electron chi connectivity index (χ4n) is 2.47. The van der Waals surface area contributed by atoms with E-state index in [-0.39, 0.29) is 5.82 Å². The lowest BCUT2D eigenvalue weighted by Gasteiger charge is -2.22. The van der Waals surface area contributed by atoms with Gasteiger partial charge in [0.25, 0.3) is 0 Å². The standard InChI is InChI=1S/C15H20FN3O2/c1-5-19-15(12(21-4)9-18-19)14(17-2)13-10(16)7-6-8-11(13)20-3/h6-9,14,17H,5H2,1-4H3. The molecule has 2 aromatic rings. The van der Waals surface area contributed by atoms with Crippen LogP contribution in [0.4, 0.5) is 4.39 Å². The van der Waals surface area contributed by atoms with Crippen molar-refractivity contribution in [3.8, 4) is 11.5 Å². The number of rotatable bonds is 6. The molecule has 1 atom stereocenters. The van der Waals surface area contributed by atoms with Gasteiger partial charge < -0.3 is 14.8 Å². The summed E-state index contributed by atoms with van der Waals surface area (Å²) in [4.78, 5) is 0. The SMILES string of the molecule is CCn1ncc(OC)c1C(NC)c1c(F)cccc1OC. The highest BCUT2D eigenvalue weighted by Gasteiger charge is 2.27. The number of halogens is 1. The quantitative estimate of drug-likeness (QED) is 0.888. The smallest absolute Gasteiger partial charge is 0.161 e. The minimum atomic E-state index is -0.418. The van der Waals surface area contributed by atoms with Gasteiger partial charge in [-0.1, -0.05) is 6.07 Å². The molecule has 21 heavy (non-hydrogen) atoms. The Bertz CT molecular complexity index is 591. The van der Waals surface area contributed by atoms with Crippen LogP contribution >= 0.6 is 0 Å². The maximum absolute atomic E-state index is 14.3. The van der Waals surface area contributed by atoms with Crippen molar-refractivity contribution >= 4 is 0 Å². The van der Waals surface area contributed by atoms with Crippen LogP contribution in [0.5, 0.6) is 11.5 Å². The summed E-state index contributed by atoms with van der Waals surface area (Å²) < 4.78 is 26.8. The second kappa shape index (κ2) is 6.58. The first-order valence-corrected chi connectivity index (χ1v) is 6.77. The molecule has 0 saturated heterocycles. The largest absolute Gasteiger partial charge is 0.496 e. The number of hydrogen-bond acceptors (Lipinski definition) is 4. The number of hydrogen-bond donors (Lipinski definition) is 1. The molecular formula is C15H20FN3O2. The van der Waals surface area contributed by atoms with Gasteiger partial charge in [-0.15, -0.1) is 0 Å². The van der Waals surface area contributed by atoms with Gasteiger partial charge in [-0.05, 0) is 26.1 Å². The number of ether oxygens (including phenoxy) is 2. The zero-order chi connectivity index (χ0) is 15.4. The highest BCUT2D eigenvalue weighted by atomic mass is 19.1. The predicted molar refractivity (Wildman–Crippen MR) is 78.3 cm³/mol. The van der Waals surface area contributed by atoms with Gasteiger partial charge in [0.2, 0.25) is 0 Å². The Kier molecular flexibility index (Phi) is 4.80. The molecule has 1 N–H and O–H groups in total. The molecule has 1 aromatic carbocycles. The molecule has 6 heteroatoms. The Morgan fingerprint density at radius 1 is 1.29 bits per heavy atom. The van der Waals surface area contributed by atoms with E-state index in [2.05, 4.69) is 10.4 Å². The highest BCUT2D eigenvalue weighted by Crippen LogP contribution is 2.36. The molecule has 0 saturated carbocycles. The van der Waals surface area contributed by atoms with E-state index in [1.54, 1.807) is 37.2 Å². The summed E-state index contributed by atoms with van der Waals surface area (Å²) in [5.74, 6) is 0.765. The van der Waals surface area contributed by atoms with Crippen LogP contribution in [0.15, 0.2) is 24.4 Å². The van der Waals surface area contributed by atoms with Gasteiger partial charge >= 0.3 is 0 Å². The predicted octanol–water partition coefficient (Wildman–Crippen LogP) is 2.37. The molecule has 0 amide bonds. The van der Waals surface area contributed by atoms with Gasteiger partial charge in [0, 0.05) is 6.54 Å². The number of benzene rings is 1. The van der Waals surface area contributed by atoms with Crippen molar-refractivity contribution in [1.29, 1.82) is 0 Å². The van der Waals surface area contributed by atoms with Crippen LogP contribution in [0, 0.1) is 5.82 Å². The first-order valence-electron chi connectivity index (χ1n) is 6.77. The van der Waals surface area contributed by atoms with Crippen molar-refractivity contribution in [3.63, 3.8) is 0 Å². The third kappa shape index (κ3) is 2.71. The Hall–Kier alpha value is -2.08. The summed E-state index contributed by atoms with van der Waals surface area (Å²) in [6, 6.07) is 4.36. The van der Waals surface area contributed by atoms with E-state index in [1.807, 2.05) is 6.92 Å². The molecule has 0 bridgehead atoms. The fourth-order valence-corrected chi connectivity index (χ4v) is 2.47. The second-order valence-corrected chi connectivity index (χ2v) is 4.49. The highest BCUT2D eigenvalue weighted by molar-refractivity contribution is 5.44. The van der Waals surface area contributed by atoms with Gasteiger partial charge in [0.05, 0.1) is 32.0 Å². The Labute approximate surface area is 123 Å². The summed E-state index contributed by atoms with van der Waals surface area (Å²) in [5.41, 5.74) is 1.21. The Balaban J connectivity index is 2.63. The third-order valence-electron chi connectivity index (χ3n) is 3.45. The fraction of sp³-hybridized carbons (Fsp3) is 0.400. The zero-order valence-electron chi connectivity index (χ0n) is 12.7. The Morgan fingerprint density at radius 3 is 2.57 bits per heavy atom. The zero-order valence-corrected chi connectivity index (χ0v) is 12.7. The van der Waals surface area contributed by atoms with Gasteiger partial charge in [0.1, 0.15) is 17.3 Å². The molecule has 0 fully saturated rings. The number of nitrogens with one attached hydrogen (secondary N) is 1. The molecule has 1 heterocycles. The molecule has 0 aliphatic rings. The van der Waals surface area contributed by atoms with Crippen LogP contribution in [0.2, 0.25) is 0 Å². The normalized spacial score (nSPS) is 12.2. The van der Waals surface area contributed by atoms with Gasteiger partial charge in [-0.25, -0.2) is 4.39 Å². The van der Waals surface area contributed by atoms with E-state index >= 15 is 0 Å². The van der Waals surface area contributed by atoms with Crippen LogP contribution in [0.1, 0.15) is 24.2 Å². The van der Waals surface area contributed by atoms with E-state index in [9.17, 15) is 4.39 Å². The maximum atomic E-state index is 14.3. The average molecular weight is 293 g/mol. The van der Waals surface area contributed by atoms with Crippen molar-refractivity contribution in [2.75, 3.05) is 21.3 Å². The summed E-state index contributed by atoms with van der Waals surface area (Å²) in [6.45, 7) is 2.63. The third-order valence-corrected chi connectivity index (χ3v) is 3.45. The lowest BCUT2D eigenvalue weighted by atomic mass is 10.0. The lowest BCUT2D eigenvalue weighted by Crippen LogP contribution is -2.23. The first kappa shape index (κ1) is 15.3. The van der Waals surface area contributed by atoms with E-state index in [1.165, 1.54) is 13.2 Å². The summed E-state index contributed by atoms with van der Waals surface area (Å²) in [7, 11) is 4.87. The van der Waals surface area contributed by atoms with Crippen molar-refractivity contribution < 1.29 is 13.9 Å². The van der Waals surface area contributed by atoms with Crippen molar-refractivity contribution in [1.82, 2.24) is 15.1 Å². The molecule has 0 aliphatic carbocycles.